The molecule has 0 saturated heterocycles. The number of anilines is 1. The fourth-order valence-corrected chi connectivity index (χ4v) is 2.99. The first kappa shape index (κ1) is 16.1. The molecule has 24 heavy (non-hydrogen) atoms. The van der Waals surface area contributed by atoms with Crippen LogP contribution in [-0.4, -0.2) is 18.4 Å². The van der Waals surface area contributed by atoms with Gasteiger partial charge in [-0.15, -0.1) is 0 Å². The minimum absolute atomic E-state index is 0.127. The van der Waals surface area contributed by atoms with Crippen LogP contribution in [0.1, 0.15) is 31.0 Å². The number of amides is 2. The standard InChI is InChI=1S/C19H20N2O3/c1-3-24-17-11-7-4-8-14(17)12-21-16-10-6-5-9-15(16)18(19(21)23)20-13(2)22/h4-11,18H,3,12H2,1-2H3,(H,20,22)/t18-/m1/s1. The maximum Gasteiger partial charge on any atom is 0.254 e. The minimum Gasteiger partial charge on any atom is -0.494 e. The lowest BCUT2D eigenvalue weighted by atomic mass is 10.1. The van der Waals surface area contributed by atoms with E-state index in [2.05, 4.69) is 5.32 Å². The van der Waals surface area contributed by atoms with Crippen LogP contribution in [0, 0.1) is 0 Å². The first-order chi connectivity index (χ1) is 11.6. The second kappa shape index (κ2) is 6.74. The molecule has 124 valence electrons. The Morgan fingerprint density at radius 1 is 1.17 bits per heavy atom. The lowest BCUT2D eigenvalue weighted by Crippen LogP contribution is -2.36. The van der Waals surface area contributed by atoms with Gasteiger partial charge in [-0.1, -0.05) is 36.4 Å². The first-order valence-electron chi connectivity index (χ1n) is 8.00. The van der Waals surface area contributed by atoms with Crippen molar-refractivity contribution in [1.82, 2.24) is 5.32 Å². The van der Waals surface area contributed by atoms with Crippen molar-refractivity contribution in [2.75, 3.05) is 11.5 Å². The van der Waals surface area contributed by atoms with Crippen LogP contribution in [0.3, 0.4) is 0 Å². The number of carbonyl (C=O) groups is 2. The van der Waals surface area contributed by atoms with Crippen LogP contribution in [0.25, 0.3) is 0 Å². The second-order valence-corrected chi connectivity index (χ2v) is 5.66. The molecular weight excluding hydrogens is 304 g/mol. The number of nitrogens with zero attached hydrogens (tertiary/aromatic N) is 1. The zero-order valence-corrected chi connectivity index (χ0v) is 13.8. The molecule has 0 bridgehead atoms. The quantitative estimate of drug-likeness (QED) is 0.920. The van der Waals surface area contributed by atoms with E-state index in [9.17, 15) is 9.59 Å². The van der Waals surface area contributed by atoms with Gasteiger partial charge in [0.25, 0.3) is 5.91 Å². The highest BCUT2D eigenvalue weighted by Crippen LogP contribution is 2.37. The summed E-state index contributed by atoms with van der Waals surface area (Å²) in [4.78, 5) is 26.0. The van der Waals surface area contributed by atoms with Crippen molar-refractivity contribution < 1.29 is 14.3 Å². The molecule has 0 saturated carbocycles. The number of rotatable bonds is 5. The van der Waals surface area contributed by atoms with Gasteiger partial charge in [-0.3, -0.25) is 9.59 Å². The minimum atomic E-state index is -0.627. The van der Waals surface area contributed by atoms with Crippen LogP contribution in [0.15, 0.2) is 48.5 Å². The van der Waals surface area contributed by atoms with Crippen molar-refractivity contribution in [2.45, 2.75) is 26.4 Å². The fourth-order valence-electron chi connectivity index (χ4n) is 2.99. The van der Waals surface area contributed by atoms with Crippen LogP contribution in [0.4, 0.5) is 5.69 Å². The molecule has 0 aliphatic carbocycles. The highest BCUT2D eigenvalue weighted by Gasteiger charge is 2.37. The lowest BCUT2D eigenvalue weighted by Gasteiger charge is -2.20. The van der Waals surface area contributed by atoms with E-state index in [1.165, 1.54) is 6.92 Å². The Bertz CT molecular complexity index is 773. The zero-order valence-electron chi connectivity index (χ0n) is 13.8. The highest BCUT2D eigenvalue weighted by molar-refractivity contribution is 6.06. The third-order valence-corrected chi connectivity index (χ3v) is 4.00. The summed E-state index contributed by atoms with van der Waals surface area (Å²) in [5, 5.41) is 2.74. The van der Waals surface area contributed by atoms with E-state index in [1.54, 1.807) is 4.90 Å². The monoisotopic (exact) mass is 324 g/mol. The molecule has 2 aromatic rings. The van der Waals surface area contributed by atoms with Crippen LogP contribution >= 0.6 is 0 Å². The Morgan fingerprint density at radius 2 is 1.88 bits per heavy atom. The van der Waals surface area contributed by atoms with Gasteiger partial charge in [-0.25, -0.2) is 0 Å². The van der Waals surface area contributed by atoms with E-state index in [-0.39, 0.29) is 11.8 Å². The zero-order chi connectivity index (χ0) is 17.1. The summed E-state index contributed by atoms with van der Waals surface area (Å²) in [5.74, 6) is 0.422. The van der Waals surface area contributed by atoms with Gasteiger partial charge < -0.3 is 15.0 Å². The number of ether oxygens (including phenoxy) is 1. The van der Waals surface area contributed by atoms with Gasteiger partial charge in [0.2, 0.25) is 5.91 Å². The van der Waals surface area contributed by atoms with Gasteiger partial charge in [-0.05, 0) is 19.1 Å². The lowest BCUT2D eigenvalue weighted by molar-refractivity contribution is -0.126. The Morgan fingerprint density at radius 3 is 2.62 bits per heavy atom. The Kier molecular flexibility index (Phi) is 4.51. The molecule has 2 amide bonds. The molecule has 1 heterocycles. The molecule has 1 aliphatic rings. The topological polar surface area (TPSA) is 58.6 Å². The number of para-hydroxylation sites is 2. The Balaban J connectivity index is 1.94. The molecule has 3 rings (SSSR count). The maximum atomic E-state index is 12.8. The van der Waals surface area contributed by atoms with E-state index in [0.717, 1.165) is 22.6 Å². The molecule has 5 nitrogen and oxygen atoms in total. The van der Waals surface area contributed by atoms with Crippen LogP contribution in [0.5, 0.6) is 5.75 Å². The molecule has 0 radical (unpaired) electrons. The highest BCUT2D eigenvalue weighted by atomic mass is 16.5. The fraction of sp³-hybridized carbons (Fsp3) is 0.263. The molecule has 1 aliphatic heterocycles. The number of nitrogens with one attached hydrogen (secondary N) is 1. The van der Waals surface area contributed by atoms with E-state index >= 15 is 0 Å². The SMILES string of the molecule is CCOc1ccccc1CN1C(=O)[C@H](NC(C)=O)c2ccccc21. The van der Waals surface area contributed by atoms with E-state index in [4.69, 9.17) is 4.74 Å². The predicted molar refractivity (Wildman–Crippen MR) is 91.8 cm³/mol. The number of benzene rings is 2. The molecule has 1 N–H and O–H groups in total. The van der Waals surface area contributed by atoms with Gasteiger partial charge in [0.1, 0.15) is 11.8 Å². The molecule has 2 aromatic carbocycles. The molecule has 0 unspecified atom stereocenters. The molecule has 1 atom stereocenters. The molecule has 0 aromatic heterocycles. The largest absolute Gasteiger partial charge is 0.494 e. The van der Waals surface area contributed by atoms with Crippen molar-refractivity contribution in [3.8, 4) is 5.75 Å². The van der Waals surface area contributed by atoms with E-state index < -0.39 is 6.04 Å². The van der Waals surface area contributed by atoms with Gasteiger partial charge in [0.15, 0.2) is 0 Å². The second-order valence-electron chi connectivity index (χ2n) is 5.66. The number of hydrogen-bond donors (Lipinski definition) is 1. The van der Waals surface area contributed by atoms with E-state index in [0.29, 0.717) is 13.2 Å². The van der Waals surface area contributed by atoms with Gasteiger partial charge in [0, 0.05) is 23.7 Å². The summed E-state index contributed by atoms with van der Waals surface area (Å²) in [6.07, 6.45) is 0. The first-order valence-corrected chi connectivity index (χ1v) is 8.00. The van der Waals surface area contributed by atoms with Crippen molar-refractivity contribution in [2.24, 2.45) is 0 Å². The third kappa shape index (κ3) is 2.97. The molecule has 0 fully saturated rings. The summed E-state index contributed by atoms with van der Waals surface area (Å²) < 4.78 is 5.65. The third-order valence-electron chi connectivity index (χ3n) is 4.00. The van der Waals surface area contributed by atoms with Crippen molar-refractivity contribution in [3.05, 3.63) is 59.7 Å². The molecule has 0 spiro atoms. The average Bonchev–Trinajstić information content (AvgIpc) is 2.82. The van der Waals surface area contributed by atoms with Crippen LogP contribution in [-0.2, 0) is 16.1 Å². The Labute approximate surface area is 141 Å². The molecule has 5 heteroatoms. The summed E-state index contributed by atoms with van der Waals surface area (Å²) in [7, 11) is 0. The number of fused-ring (bicyclic) bond motifs is 1. The summed E-state index contributed by atoms with van der Waals surface area (Å²) in [6.45, 7) is 4.32. The van der Waals surface area contributed by atoms with Crippen molar-refractivity contribution >= 4 is 17.5 Å². The van der Waals surface area contributed by atoms with Gasteiger partial charge in [-0.2, -0.15) is 0 Å². The van der Waals surface area contributed by atoms with Gasteiger partial charge in [0.05, 0.1) is 13.2 Å². The van der Waals surface area contributed by atoms with Crippen LogP contribution in [0.2, 0.25) is 0 Å². The van der Waals surface area contributed by atoms with E-state index in [1.807, 2.05) is 55.5 Å². The molecular formula is C19H20N2O3. The normalized spacial score (nSPS) is 16.0. The summed E-state index contributed by atoms with van der Waals surface area (Å²) in [5.41, 5.74) is 2.59. The number of hydrogen-bond acceptors (Lipinski definition) is 3. The van der Waals surface area contributed by atoms with Crippen molar-refractivity contribution in [1.29, 1.82) is 0 Å². The maximum absolute atomic E-state index is 12.8. The van der Waals surface area contributed by atoms with Gasteiger partial charge >= 0.3 is 0 Å². The summed E-state index contributed by atoms with van der Waals surface area (Å²) in [6, 6.07) is 14.6. The Hall–Kier alpha value is -2.82. The smallest absolute Gasteiger partial charge is 0.254 e. The predicted octanol–water partition coefficient (Wildman–Crippen LogP) is 2.81. The van der Waals surface area contributed by atoms with Crippen molar-refractivity contribution in [3.63, 3.8) is 0 Å². The van der Waals surface area contributed by atoms with Crippen LogP contribution < -0.4 is 15.0 Å². The summed E-state index contributed by atoms with van der Waals surface area (Å²) >= 11 is 0. The average molecular weight is 324 g/mol. The number of carbonyl (C=O) groups excluding carboxylic acids is 2.